The Morgan fingerprint density at radius 3 is 2.19 bits per heavy atom. The molecule has 3 saturated carbocycles. The monoisotopic (exact) mass is 222 g/mol. The molecule has 0 aromatic rings. The molecule has 92 valence electrons. The van der Waals surface area contributed by atoms with Crippen LogP contribution in [0.15, 0.2) is 0 Å². The zero-order valence-electron chi connectivity index (χ0n) is 11.2. The first kappa shape index (κ1) is 11.1. The van der Waals surface area contributed by atoms with Crippen LogP contribution in [0.5, 0.6) is 0 Å². The molecule has 0 aliphatic heterocycles. The van der Waals surface area contributed by atoms with Crippen LogP contribution >= 0.6 is 0 Å². The topological polar surface area (TPSA) is 20.2 Å². The molecule has 16 heavy (non-hydrogen) atoms. The molecule has 0 aromatic carbocycles. The van der Waals surface area contributed by atoms with Gasteiger partial charge in [0, 0.05) is 6.61 Å². The lowest BCUT2D eigenvalue weighted by Crippen LogP contribution is -2.28. The fourth-order valence-corrected chi connectivity index (χ4v) is 4.49. The summed E-state index contributed by atoms with van der Waals surface area (Å²) in [4.78, 5) is 0. The van der Waals surface area contributed by atoms with Crippen molar-refractivity contribution in [2.24, 2.45) is 34.0 Å². The van der Waals surface area contributed by atoms with Gasteiger partial charge in [0.25, 0.3) is 0 Å². The van der Waals surface area contributed by atoms with Crippen molar-refractivity contribution < 1.29 is 5.11 Å². The van der Waals surface area contributed by atoms with E-state index < -0.39 is 0 Å². The number of rotatable bonds is 3. The first-order valence-corrected chi connectivity index (χ1v) is 6.94. The molecule has 3 aliphatic carbocycles. The predicted molar refractivity (Wildman–Crippen MR) is 66.0 cm³/mol. The van der Waals surface area contributed by atoms with E-state index in [0.29, 0.717) is 17.4 Å². The van der Waals surface area contributed by atoms with Gasteiger partial charge in [-0.25, -0.2) is 0 Å². The van der Waals surface area contributed by atoms with E-state index in [4.69, 9.17) is 0 Å². The van der Waals surface area contributed by atoms with E-state index in [0.717, 1.165) is 17.8 Å². The predicted octanol–water partition coefficient (Wildman–Crippen LogP) is 3.47. The van der Waals surface area contributed by atoms with Crippen molar-refractivity contribution in [1.29, 1.82) is 0 Å². The van der Waals surface area contributed by atoms with Gasteiger partial charge in [-0.1, -0.05) is 27.7 Å². The fourth-order valence-electron chi connectivity index (χ4n) is 4.49. The lowest BCUT2D eigenvalue weighted by atomic mass is 9.69. The van der Waals surface area contributed by atoms with E-state index in [1.165, 1.54) is 25.7 Å². The Morgan fingerprint density at radius 2 is 1.75 bits per heavy atom. The molecule has 0 aromatic heterocycles. The van der Waals surface area contributed by atoms with Crippen molar-refractivity contribution in [2.45, 2.75) is 53.4 Å². The molecule has 0 bridgehead atoms. The largest absolute Gasteiger partial charge is 0.396 e. The minimum Gasteiger partial charge on any atom is -0.396 e. The maximum atomic E-state index is 9.35. The van der Waals surface area contributed by atoms with Crippen LogP contribution in [-0.4, -0.2) is 11.7 Å². The zero-order valence-corrected chi connectivity index (χ0v) is 11.2. The van der Waals surface area contributed by atoms with Crippen LogP contribution in [0, 0.1) is 34.0 Å². The Hall–Kier alpha value is -0.0400. The quantitative estimate of drug-likeness (QED) is 0.775. The number of aliphatic hydroxyl groups excluding tert-OH is 1. The molecule has 0 saturated heterocycles. The van der Waals surface area contributed by atoms with Gasteiger partial charge in [0.05, 0.1) is 0 Å². The smallest absolute Gasteiger partial charge is 0.0487 e. The summed E-state index contributed by atoms with van der Waals surface area (Å²) in [6.07, 6.45) is 5.56. The Bertz CT molecular complexity index is 321. The molecule has 1 N–H and O–H groups in total. The summed E-state index contributed by atoms with van der Waals surface area (Å²) in [5, 5.41) is 9.35. The molecular weight excluding hydrogens is 196 g/mol. The number of fused-ring (bicyclic) bond motifs is 1. The summed E-state index contributed by atoms with van der Waals surface area (Å²) < 4.78 is 0. The van der Waals surface area contributed by atoms with Gasteiger partial charge >= 0.3 is 0 Å². The number of hydrogen-bond acceptors (Lipinski definition) is 1. The molecule has 3 rings (SSSR count). The Morgan fingerprint density at radius 1 is 1.06 bits per heavy atom. The summed E-state index contributed by atoms with van der Waals surface area (Å²) in [7, 11) is 0. The molecule has 0 unspecified atom stereocenters. The van der Waals surface area contributed by atoms with Crippen molar-refractivity contribution in [3.63, 3.8) is 0 Å². The second kappa shape index (κ2) is 2.85. The minimum atomic E-state index is 0.282. The van der Waals surface area contributed by atoms with Gasteiger partial charge in [-0.15, -0.1) is 0 Å². The highest BCUT2D eigenvalue weighted by Crippen LogP contribution is 2.75. The lowest BCUT2D eigenvalue weighted by Gasteiger charge is -2.36. The molecule has 1 heteroatoms. The van der Waals surface area contributed by atoms with Crippen molar-refractivity contribution >= 4 is 0 Å². The van der Waals surface area contributed by atoms with Crippen LogP contribution in [0.2, 0.25) is 0 Å². The zero-order chi connectivity index (χ0) is 11.8. The lowest BCUT2D eigenvalue weighted by molar-refractivity contribution is 0.126. The van der Waals surface area contributed by atoms with Crippen molar-refractivity contribution in [3.8, 4) is 0 Å². The molecule has 3 aliphatic rings. The summed E-state index contributed by atoms with van der Waals surface area (Å²) in [5.74, 6) is 2.74. The third-order valence-electron chi connectivity index (χ3n) is 6.94. The van der Waals surface area contributed by atoms with Gasteiger partial charge in [0.15, 0.2) is 0 Å². The Balaban J connectivity index is 1.66. The highest BCUT2D eigenvalue weighted by Gasteiger charge is 2.68. The van der Waals surface area contributed by atoms with Crippen molar-refractivity contribution in [2.75, 3.05) is 6.61 Å². The minimum absolute atomic E-state index is 0.282. The molecule has 5 atom stereocenters. The van der Waals surface area contributed by atoms with E-state index in [1.54, 1.807) is 0 Å². The average Bonchev–Trinajstić information content (AvgIpc) is 3.03. The second-order valence-electron chi connectivity index (χ2n) is 7.92. The van der Waals surface area contributed by atoms with Crippen molar-refractivity contribution in [1.82, 2.24) is 0 Å². The third-order valence-corrected chi connectivity index (χ3v) is 6.94. The summed E-state index contributed by atoms with van der Waals surface area (Å²) in [5.41, 5.74) is 1.47. The Labute approximate surface area is 99.6 Å². The molecule has 3 fully saturated rings. The summed E-state index contributed by atoms with van der Waals surface area (Å²) in [6, 6.07) is 0. The van der Waals surface area contributed by atoms with E-state index >= 15 is 0 Å². The van der Waals surface area contributed by atoms with Gasteiger partial charge < -0.3 is 5.11 Å². The fraction of sp³-hybridized carbons (Fsp3) is 1.00. The van der Waals surface area contributed by atoms with E-state index in [2.05, 4.69) is 27.7 Å². The Kier molecular flexibility index (Phi) is 1.98. The second-order valence-corrected chi connectivity index (χ2v) is 7.92. The van der Waals surface area contributed by atoms with Crippen LogP contribution in [0.1, 0.15) is 53.4 Å². The van der Waals surface area contributed by atoms with Crippen LogP contribution < -0.4 is 0 Å². The number of hydrogen-bond donors (Lipinski definition) is 1. The molecular formula is C15H26O. The maximum Gasteiger partial charge on any atom is 0.0487 e. The number of aliphatic hydroxyl groups is 1. The molecule has 0 heterocycles. The van der Waals surface area contributed by atoms with Gasteiger partial charge in [-0.3, -0.25) is 0 Å². The van der Waals surface area contributed by atoms with Crippen LogP contribution in [-0.2, 0) is 0 Å². The van der Waals surface area contributed by atoms with Crippen LogP contribution in [0.25, 0.3) is 0 Å². The maximum absolute atomic E-state index is 9.35. The van der Waals surface area contributed by atoms with Crippen molar-refractivity contribution in [3.05, 3.63) is 0 Å². The molecule has 0 amide bonds. The van der Waals surface area contributed by atoms with E-state index in [-0.39, 0.29) is 5.41 Å². The molecule has 1 nitrogen and oxygen atoms in total. The molecule has 0 radical (unpaired) electrons. The van der Waals surface area contributed by atoms with Gasteiger partial charge in [-0.05, 0) is 59.7 Å². The summed E-state index contributed by atoms with van der Waals surface area (Å²) >= 11 is 0. The average molecular weight is 222 g/mol. The SMILES string of the molecule is CC1(C)[C@H](C[C@H]2C[C@@]2(C)CO)C[C@H]2C[C@]21C. The van der Waals surface area contributed by atoms with E-state index in [9.17, 15) is 5.11 Å². The van der Waals surface area contributed by atoms with Gasteiger partial charge in [0.1, 0.15) is 0 Å². The first-order valence-electron chi connectivity index (χ1n) is 6.94. The van der Waals surface area contributed by atoms with E-state index in [1.807, 2.05) is 0 Å². The standard InChI is InChI=1S/C15H26O/c1-13(2)10(6-12-8-15(12,13)4)5-11-7-14(11,3)9-16/h10-12,16H,5-9H2,1-4H3/t10-,11+,12+,14+,15-/m1/s1. The van der Waals surface area contributed by atoms with Crippen LogP contribution in [0.3, 0.4) is 0 Å². The third kappa shape index (κ3) is 1.21. The first-order chi connectivity index (χ1) is 7.33. The van der Waals surface area contributed by atoms with Gasteiger partial charge in [-0.2, -0.15) is 0 Å². The van der Waals surface area contributed by atoms with Gasteiger partial charge in [0.2, 0.25) is 0 Å². The summed E-state index contributed by atoms with van der Waals surface area (Å²) in [6.45, 7) is 10.1. The van der Waals surface area contributed by atoms with Crippen LogP contribution in [0.4, 0.5) is 0 Å². The highest BCUT2D eigenvalue weighted by atomic mass is 16.3. The normalized spacial score (nSPS) is 57.2. The highest BCUT2D eigenvalue weighted by molar-refractivity contribution is 5.16. The molecule has 0 spiro atoms.